The molecule has 0 bridgehead atoms. The molecule has 0 aliphatic rings. The van der Waals surface area contributed by atoms with E-state index in [9.17, 15) is 0 Å². The van der Waals surface area contributed by atoms with Crippen molar-refractivity contribution in [1.29, 1.82) is 0 Å². The van der Waals surface area contributed by atoms with Crippen molar-refractivity contribution >= 4 is 35.4 Å². The molecule has 0 N–H and O–H groups in total. The first-order valence-electron chi connectivity index (χ1n) is 5.46. The summed E-state index contributed by atoms with van der Waals surface area (Å²) in [6, 6.07) is 5.21. The molecule has 1 aromatic heterocycles. The molecule has 0 unspecified atom stereocenters. The van der Waals surface area contributed by atoms with Crippen molar-refractivity contribution in [3.63, 3.8) is 0 Å². The minimum Gasteiger partial charge on any atom is -0.218 e. The van der Waals surface area contributed by atoms with Gasteiger partial charge in [-0.1, -0.05) is 41.3 Å². The minimum atomic E-state index is 0.461. The monoisotopic (exact) mass is 283 g/mol. The molecule has 0 saturated carbocycles. The van der Waals surface area contributed by atoms with Crippen molar-refractivity contribution < 1.29 is 0 Å². The first-order chi connectivity index (χ1) is 8.70. The van der Waals surface area contributed by atoms with E-state index in [-0.39, 0.29) is 0 Å². The van der Waals surface area contributed by atoms with Gasteiger partial charge in [-0.3, -0.25) is 0 Å². The van der Waals surface area contributed by atoms with E-state index < -0.39 is 0 Å². The Bertz CT molecular complexity index is 564. The second-order valence-corrected chi connectivity index (χ2v) is 4.47. The summed E-state index contributed by atoms with van der Waals surface area (Å²) in [7, 11) is 0. The summed E-state index contributed by atoms with van der Waals surface area (Å²) in [6.45, 7) is 2.78. The fraction of sp³-hybridized carbons (Fsp3) is 0.273. The number of halogens is 2. The van der Waals surface area contributed by atoms with Crippen molar-refractivity contribution in [2.45, 2.75) is 19.9 Å². The molecule has 0 saturated heterocycles. The highest BCUT2D eigenvalue weighted by molar-refractivity contribution is 6.36. The van der Waals surface area contributed by atoms with E-state index >= 15 is 0 Å². The van der Waals surface area contributed by atoms with Gasteiger partial charge < -0.3 is 0 Å². The maximum Gasteiger partial charge on any atom is 0.269 e. The van der Waals surface area contributed by atoms with Gasteiger partial charge in [-0.2, -0.15) is 0 Å². The molecular formula is C11H11Cl2N5. The SMILES string of the molecule is CCCn1nnnc1/N=C/c1ccc(Cl)cc1Cl. The van der Waals surface area contributed by atoms with Crippen LogP contribution in [0.1, 0.15) is 18.9 Å². The highest BCUT2D eigenvalue weighted by Crippen LogP contribution is 2.20. The minimum absolute atomic E-state index is 0.461. The van der Waals surface area contributed by atoms with E-state index in [0.717, 1.165) is 18.5 Å². The number of aromatic nitrogens is 4. The Morgan fingerprint density at radius 2 is 2.22 bits per heavy atom. The third-order valence-electron chi connectivity index (χ3n) is 2.23. The van der Waals surface area contributed by atoms with Gasteiger partial charge in [-0.15, -0.1) is 0 Å². The van der Waals surface area contributed by atoms with Crippen LogP contribution in [0.3, 0.4) is 0 Å². The van der Waals surface area contributed by atoms with Crippen molar-refractivity contribution in [1.82, 2.24) is 20.2 Å². The van der Waals surface area contributed by atoms with Crippen LogP contribution in [0.4, 0.5) is 5.95 Å². The number of aryl methyl sites for hydroxylation is 1. The lowest BCUT2D eigenvalue weighted by atomic mass is 10.2. The summed E-state index contributed by atoms with van der Waals surface area (Å²) >= 11 is 11.9. The lowest BCUT2D eigenvalue weighted by Gasteiger charge is -1.99. The molecule has 18 heavy (non-hydrogen) atoms. The van der Waals surface area contributed by atoms with E-state index in [0.29, 0.717) is 16.0 Å². The Kier molecular flexibility index (Phi) is 4.28. The van der Waals surface area contributed by atoms with E-state index in [1.807, 2.05) is 6.92 Å². The molecule has 0 atom stereocenters. The van der Waals surface area contributed by atoms with E-state index in [1.54, 1.807) is 29.1 Å². The van der Waals surface area contributed by atoms with Gasteiger partial charge in [0.1, 0.15) is 0 Å². The Balaban J connectivity index is 2.22. The van der Waals surface area contributed by atoms with Crippen LogP contribution in [0.2, 0.25) is 10.0 Å². The fourth-order valence-corrected chi connectivity index (χ4v) is 1.84. The Morgan fingerprint density at radius 3 is 2.94 bits per heavy atom. The van der Waals surface area contributed by atoms with Gasteiger partial charge in [0.15, 0.2) is 0 Å². The molecule has 7 heteroatoms. The molecule has 0 aliphatic carbocycles. The van der Waals surface area contributed by atoms with E-state index in [1.165, 1.54) is 0 Å². The molecule has 0 spiro atoms. The topological polar surface area (TPSA) is 56.0 Å². The van der Waals surface area contributed by atoms with Crippen LogP contribution in [-0.4, -0.2) is 26.4 Å². The molecule has 0 radical (unpaired) electrons. The van der Waals surface area contributed by atoms with Crippen molar-refractivity contribution in [2.75, 3.05) is 0 Å². The zero-order chi connectivity index (χ0) is 13.0. The first kappa shape index (κ1) is 13.0. The molecule has 1 aromatic carbocycles. The predicted molar refractivity (Wildman–Crippen MR) is 71.8 cm³/mol. The predicted octanol–water partition coefficient (Wildman–Crippen LogP) is 3.14. The summed E-state index contributed by atoms with van der Waals surface area (Å²) in [5, 5.41) is 12.4. The molecule has 2 rings (SSSR count). The van der Waals surface area contributed by atoms with Crippen LogP contribution in [0, 0.1) is 0 Å². The number of nitrogens with zero attached hydrogens (tertiary/aromatic N) is 5. The number of tetrazole rings is 1. The highest BCUT2D eigenvalue weighted by Gasteiger charge is 2.03. The maximum absolute atomic E-state index is 6.04. The van der Waals surface area contributed by atoms with E-state index in [2.05, 4.69) is 20.5 Å². The summed E-state index contributed by atoms with van der Waals surface area (Å²) in [5.41, 5.74) is 0.770. The lowest BCUT2D eigenvalue weighted by Crippen LogP contribution is -1.98. The largest absolute Gasteiger partial charge is 0.269 e. The van der Waals surface area contributed by atoms with Gasteiger partial charge in [0.05, 0.1) is 5.02 Å². The van der Waals surface area contributed by atoms with Gasteiger partial charge >= 0.3 is 0 Å². The Hall–Kier alpha value is -1.46. The number of benzene rings is 1. The zero-order valence-electron chi connectivity index (χ0n) is 9.72. The van der Waals surface area contributed by atoms with Crippen LogP contribution in [0.15, 0.2) is 23.2 Å². The summed E-state index contributed by atoms with van der Waals surface area (Å²) in [5.74, 6) is 0.461. The fourth-order valence-electron chi connectivity index (χ4n) is 1.38. The molecule has 94 valence electrons. The molecule has 2 aromatic rings. The Labute approximate surface area is 114 Å². The average molecular weight is 284 g/mol. The normalized spacial score (nSPS) is 11.3. The van der Waals surface area contributed by atoms with Gasteiger partial charge in [-0.05, 0) is 29.0 Å². The van der Waals surface area contributed by atoms with Gasteiger partial charge in [-0.25, -0.2) is 9.67 Å². The van der Waals surface area contributed by atoms with Crippen LogP contribution >= 0.6 is 23.2 Å². The average Bonchev–Trinajstić information content (AvgIpc) is 2.76. The Morgan fingerprint density at radius 1 is 1.39 bits per heavy atom. The summed E-state index contributed by atoms with van der Waals surface area (Å²) in [4.78, 5) is 4.22. The third kappa shape index (κ3) is 3.05. The maximum atomic E-state index is 6.04. The van der Waals surface area contributed by atoms with Gasteiger partial charge in [0, 0.05) is 23.3 Å². The van der Waals surface area contributed by atoms with Crippen LogP contribution < -0.4 is 0 Å². The second-order valence-electron chi connectivity index (χ2n) is 3.63. The second kappa shape index (κ2) is 5.93. The molecule has 0 fully saturated rings. The number of aliphatic imine (C=N–C) groups is 1. The highest BCUT2D eigenvalue weighted by atomic mass is 35.5. The quantitative estimate of drug-likeness (QED) is 0.810. The molecule has 0 aliphatic heterocycles. The first-order valence-corrected chi connectivity index (χ1v) is 6.21. The number of rotatable bonds is 4. The molecule has 0 amide bonds. The molecular weight excluding hydrogens is 273 g/mol. The van der Waals surface area contributed by atoms with Crippen LogP contribution in [-0.2, 0) is 6.54 Å². The van der Waals surface area contributed by atoms with Crippen LogP contribution in [0.5, 0.6) is 0 Å². The van der Waals surface area contributed by atoms with Crippen LogP contribution in [0.25, 0.3) is 0 Å². The van der Waals surface area contributed by atoms with Crippen molar-refractivity contribution in [3.8, 4) is 0 Å². The third-order valence-corrected chi connectivity index (χ3v) is 2.79. The standard InChI is InChI=1S/C11H11Cl2N5/c1-2-5-18-11(15-16-17-18)14-7-8-3-4-9(12)6-10(8)13/h3-4,6-7H,2,5H2,1H3/b14-7+. The molecule has 5 nitrogen and oxygen atoms in total. The lowest BCUT2D eigenvalue weighted by molar-refractivity contribution is 0.582. The van der Waals surface area contributed by atoms with Crippen molar-refractivity contribution in [3.05, 3.63) is 33.8 Å². The molecule has 1 heterocycles. The van der Waals surface area contributed by atoms with Crippen molar-refractivity contribution in [2.24, 2.45) is 4.99 Å². The summed E-state index contributed by atoms with van der Waals surface area (Å²) < 4.78 is 1.64. The number of hydrogen-bond donors (Lipinski definition) is 0. The van der Waals surface area contributed by atoms with E-state index in [4.69, 9.17) is 23.2 Å². The zero-order valence-corrected chi connectivity index (χ0v) is 11.2. The smallest absolute Gasteiger partial charge is 0.218 e. The number of hydrogen-bond acceptors (Lipinski definition) is 4. The van der Waals surface area contributed by atoms with Gasteiger partial charge in [0.25, 0.3) is 5.95 Å². The van der Waals surface area contributed by atoms with Gasteiger partial charge in [0.2, 0.25) is 0 Å². The summed E-state index contributed by atoms with van der Waals surface area (Å²) in [6.07, 6.45) is 2.56.